The Labute approximate surface area is 168 Å². The van der Waals surface area contributed by atoms with E-state index in [-0.39, 0.29) is 11.8 Å². The summed E-state index contributed by atoms with van der Waals surface area (Å²) in [7, 11) is -5.48. The first-order chi connectivity index (χ1) is 13.3. The molecule has 3 nitrogen and oxygen atoms in total. The number of halogens is 4. The van der Waals surface area contributed by atoms with Crippen LogP contribution in [-0.4, -0.2) is 13.0 Å². The first-order valence-corrected chi connectivity index (χ1v) is 10.7. The first-order valence-electron chi connectivity index (χ1n) is 9.29. The van der Waals surface area contributed by atoms with Crippen molar-refractivity contribution < 1.29 is 30.5 Å². The van der Waals surface area contributed by atoms with Crippen LogP contribution in [0, 0.1) is 23.3 Å². The van der Waals surface area contributed by atoms with Gasteiger partial charge in [0.2, 0.25) is 0 Å². The maximum atomic E-state index is 14.5. The SMILES string of the molecule is CCc1cc(C(C)C)cc(C(C)C)c1Cc1c(F)c(F)c(S(=O)(=O)O)c(F)c1F. The van der Waals surface area contributed by atoms with Gasteiger partial charge in [-0.1, -0.05) is 46.8 Å². The Morgan fingerprint density at radius 1 is 0.862 bits per heavy atom. The van der Waals surface area contributed by atoms with Gasteiger partial charge in [0.25, 0.3) is 0 Å². The Morgan fingerprint density at radius 2 is 1.38 bits per heavy atom. The van der Waals surface area contributed by atoms with Crippen LogP contribution < -0.4 is 0 Å². The number of hydrogen-bond acceptors (Lipinski definition) is 2. The number of benzene rings is 2. The van der Waals surface area contributed by atoms with E-state index in [0.29, 0.717) is 12.0 Å². The maximum Gasteiger partial charge on any atom is 0.300 e. The standard InChI is InChI=1S/C21H24F4O3S/c1-6-12-7-13(10(2)3)8-14(11(4)5)15(12)9-16-17(22)19(24)21(29(26,27)28)20(25)18(16)23/h7-8,10-11H,6,9H2,1-5H3,(H,26,27,28). The summed E-state index contributed by atoms with van der Waals surface area (Å²) in [5.41, 5.74) is 2.25. The molecular weight excluding hydrogens is 408 g/mol. The molecule has 0 unspecified atom stereocenters. The van der Waals surface area contributed by atoms with Gasteiger partial charge in [-0.3, -0.25) is 4.55 Å². The zero-order valence-corrected chi connectivity index (χ0v) is 17.7. The molecule has 0 amide bonds. The van der Waals surface area contributed by atoms with Crippen LogP contribution in [0.4, 0.5) is 17.6 Å². The topological polar surface area (TPSA) is 54.4 Å². The van der Waals surface area contributed by atoms with Gasteiger partial charge in [0.1, 0.15) is 0 Å². The molecule has 2 rings (SSSR count). The van der Waals surface area contributed by atoms with Crippen molar-refractivity contribution in [1.29, 1.82) is 0 Å². The van der Waals surface area contributed by atoms with Gasteiger partial charge in [-0.15, -0.1) is 0 Å². The third kappa shape index (κ3) is 4.48. The molecular formula is C21H24F4O3S. The van der Waals surface area contributed by atoms with Crippen LogP contribution in [0.5, 0.6) is 0 Å². The molecule has 2 aromatic carbocycles. The molecule has 0 aromatic heterocycles. The smallest absolute Gasteiger partial charge is 0.282 e. The van der Waals surface area contributed by atoms with Crippen LogP contribution in [0.2, 0.25) is 0 Å². The van der Waals surface area contributed by atoms with E-state index >= 15 is 0 Å². The highest BCUT2D eigenvalue weighted by Crippen LogP contribution is 2.34. The lowest BCUT2D eigenvalue weighted by atomic mass is 9.84. The van der Waals surface area contributed by atoms with E-state index in [1.807, 2.05) is 46.8 Å². The van der Waals surface area contributed by atoms with E-state index in [1.54, 1.807) is 0 Å². The highest BCUT2D eigenvalue weighted by atomic mass is 32.2. The van der Waals surface area contributed by atoms with Crippen LogP contribution in [-0.2, 0) is 23.0 Å². The highest BCUT2D eigenvalue weighted by molar-refractivity contribution is 7.85. The van der Waals surface area contributed by atoms with Crippen LogP contribution in [0.25, 0.3) is 0 Å². The molecule has 29 heavy (non-hydrogen) atoms. The number of rotatable bonds is 6. The second kappa shape index (κ2) is 8.44. The van der Waals surface area contributed by atoms with Gasteiger partial charge in [-0.25, -0.2) is 17.6 Å². The van der Waals surface area contributed by atoms with Crippen LogP contribution in [0.1, 0.15) is 74.3 Å². The zero-order valence-electron chi connectivity index (χ0n) is 16.9. The van der Waals surface area contributed by atoms with Crippen molar-refractivity contribution >= 4 is 10.1 Å². The van der Waals surface area contributed by atoms with Gasteiger partial charge in [-0.2, -0.15) is 8.42 Å². The lowest BCUT2D eigenvalue weighted by Gasteiger charge is -2.21. The van der Waals surface area contributed by atoms with E-state index in [4.69, 9.17) is 4.55 Å². The molecule has 8 heteroatoms. The van der Waals surface area contributed by atoms with Gasteiger partial charge in [0.15, 0.2) is 28.2 Å². The quantitative estimate of drug-likeness (QED) is 0.352. The lowest BCUT2D eigenvalue weighted by molar-refractivity contribution is 0.396. The molecule has 0 heterocycles. The van der Waals surface area contributed by atoms with Crippen molar-refractivity contribution in [3.8, 4) is 0 Å². The fourth-order valence-electron chi connectivity index (χ4n) is 3.38. The summed E-state index contributed by atoms with van der Waals surface area (Å²) in [5, 5.41) is 0. The van der Waals surface area contributed by atoms with Crippen molar-refractivity contribution in [2.45, 2.75) is 64.2 Å². The zero-order chi connectivity index (χ0) is 22.3. The largest absolute Gasteiger partial charge is 0.300 e. The molecule has 0 spiro atoms. The van der Waals surface area contributed by atoms with Gasteiger partial charge < -0.3 is 0 Å². The lowest BCUT2D eigenvalue weighted by Crippen LogP contribution is -2.14. The summed E-state index contributed by atoms with van der Waals surface area (Å²) in [6.07, 6.45) is 0.0826. The molecule has 0 aliphatic rings. The van der Waals surface area contributed by atoms with E-state index < -0.39 is 50.3 Å². The van der Waals surface area contributed by atoms with Crippen molar-refractivity contribution in [3.05, 3.63) is 63.2 Å². The minimum atomic E-state index is -5.48. The van der Waals surface area contributed by atoms with Gasteiger partial charge in [0.05, 0.1) is 0 Å². The number of hydrogen-bond donors (Lipinski definition) is 1. The summed E-state index contributed by atoms with van der Waals surface area (Å²) in [6.45, 7) is 9.69. The van der Waals surface area contributed by atoms with E-state index in [1.165, 1.54) is 0 Å². The number of aryl methyl sites for hydroxylation is 1. The molecule has 0 bridgehead atoms. The fraction of sp³-hybridized carbons (Fsp3) is 0.429. The normalized spacial score (nSPS) is 12.3. The average molecular weight is 432 g/mol. The molecule has 0 aliphatic heterocycles. The van der Waals surface area contributed by atoms with Crippen LogP contribution >= 0.6 is 0 Å². The monoisotopic (exact) mass is 432 g/mol. The second-order valence-electron chi connectivity index (χ2n) is 7.63. The molecule has 160 valence electrons. The van der Waals surface area contributed by atoms with Crippen molar-refractivity contribution in [2.24, 2.45) is 0 Å². The Morgan fingerprint density at radius 3 is 1.76 bits per heavy atom. The van der Waals surface area contributed by atoms with Crippen LogP contribution in [0.3, 0.4) is 0 Å². The fourth-order valence-corrected chi connectivity index (χ4v) is 4.01. The minimum Gasteiger partial charge on any atom is -0.282 e. The summed E-state index contributed by atoms with van der Waals surface area (Å²) in [5.74, 6) is -7.74. The van der Waals surface area contributed by atoms with Crippen LogP contribution in [0.15, 0.2) is 17.0 Å². The summed E-state index contributed by atoms with van der Waals surface area (Å²) < 4.78 is 88.7. The van der Waals surface area contributed by atoms with Gasteiger partial charge in [0, 0.05) is 12.0 Å². The molecule has 0 saturated carbocycles. The molecule has 1 N–H and O–H groups in total. The van der Waals surface area contributed by atoms with Crippen molar-refractivity contribution in [3.63, 3.8) is 0 Å². The average Bonchev–Trinajstić information content (AvgIpc) is 2.61. The predicted molar refractivity (Wildman–Crippen MR) is 103 cm³/mol. The molecule has 2 aromatic rings. The van der Waals surface area contributed by atoms with Crippen molar-refractivity contribution in [1.82, 2.24) is 0 Å². The van der Waals surface area contributed by atoms with E-state index in [2.05, 4.69) is 0 Å². The third-order valence-corrected chi connectivity index (χ3v) is 5.87. The Hall–Kier alpha value is -1.93. The molecule has 0 aliphatic carbocycles. The predicted octanol–water partition coefficient (Wildman–Crippen LogP) is 5.89. The summed E-state index contributed by atoms with van der Waals surface area (Å²) >= 11 is 0. The third-order valence-electron chi connectivity index (χ3n) is 4.99. The minimum absolute atomic E-state index is 0.0214. The molecule has 0 radical (unpaired) electrons. The first kappa shape index (κ1) is 23.3. The van der Waals surface area contributed by atoms with E-state index in [9.17, 15) is 26.0 Å². The Kier molecular flexibility index (Phi) is 6.79. The second-order valence-corrected chi connectivity index (χ2v) is 8.98. The van der Waals surface area contributed by atoms with Gasteiger partial charge >= 0.3 is 10.1 Å². The molecule has 0 fully saturated rings. The Bertz CT molecular complexity index is 1020. The summed E-state index contributed by atoms with van der Waals surface area (Å²) in [4.78, 5) is -2.02. The molecule has 0 saturated heterocycles. The maximum absolute atomic E-state index is 14.5. The van der Waals surface area contributed by atoms with E-state index in [0.717, 1.165) is 16.7 Å². The highest BCUT2D eigenvalue weighted by Gasteiger charge is 2.32. The summed E-state index contributed by atoms with van der Waals surface area (Å²) in [6, 6.07) is 3.82. The van der Waals surface area contributed by atoms with Crippen molar-refractivity contribution in [2.75, 3.05) is 0 Å². The van der Waals surface area contributed by atoms with Gasteiger partial charge in [-0.05, 0) is 40.5 Å². The molecule has 0 atom stereocenters. The Balaban J connectivity index is 2.78.